The Bertz CT molecular complexity index is 1200. The number of rotatable bonds is 16. The second kappa shape index (κ2) is 16.7. The van der Waals surface area contributed by atoms with Crippen molar-refractivity contribution in [1.82, 2.24) is 0 Å². The van der Waals surface area contributed by atoms with Gasteiger partial charge in [-0.1, -0.05) is 6.92 Å². The molecule has 0 saturated carbocycles. The minimum absolute atomic E-state index is 0.235. The van der Waals surface area contributed by atoms with Gasteiger partial charge >= 0.3 is 0 Å². The number of unbranched alkanes of at least 4 members (excludes halogenated alkanes) is 1. The Balaban J connectivity index is 1.78. The molecular weight excluding hydrogens is 692 g/mol. The van der Waals surface area contributed by atoms with Gasteiger partial charge in [-0.3, -0.25) is 8.37 Å². The Labute approximate surface area is 270 Å². The maximum absolute atomic E-state index is 12.1. The van der Waals surface area contributed by atoms with Crippen molar-refractivity contribution in [2.24, 2.45) is 5.92 Å². The van der Waals surface area contributed by atoms with Gasteiger partial charge in [-0.25, -0.2) is 16.8 Å². The van der Waals surface area contributed by atoms with E-state index >= 15 is 0 Å². The molecule has 0 aromatic carbocycles. The first-order chi connectivity index (χ1) is 21.4. The highest BCUT2D eigenvalue weighted by Crippen LogP contribution is 2.35. The molecule has 5 unspecified atom stereocenters. The fourth-order valence-corrected chi connectivity index (χ4v) is 6.17. The topological polar surface area (TPSA) is 309 Å². The zero-order valence-corrected chi connectivity index (χ0v) is 26.9. The van der Waals surface area contributed by atoms with Crippen molar-refractivity contribution in [3.8, 4) is 0 Å². The maximum atomic E-state index is 12.1. The van der Waals surface area contributed by atoms with Gasteiger partial charge in [0.1, 0.15) is 54.9 Å². The van der Waals surface area contributed by atoms with Gasteiger partial charge in [-0.2, -0.15) is 12.6 Å². The van der Waals surface area contributed by atoms with Gasteiger partial charge in [0.05, 0.1) is 31.4 Å². The van der Waals surface area contributed by atoms with Crippen LogP contribution < -0.4 is 5.11 Å². The monoisotopic (exact) mass is 729 g/mol. The van der Waals surface area contributed by atoms with Crippen LogP contribution in [0.25, 0.3) is 0 Å². The lowest BCUT2D eigenvalue weighted by Gasteiger charge is -2.48. The molecule has 0 aliphatic carbocycles. The summed E-state index contributed by atoms with van der Waals surface area (Å²) in [6.07, 6.45) is -20.3. The molecule has 3 aliphatic heterocycles. The van der Waals surface area contributed by atoms with Crippen molar-refractivity contribution >= 4 is 39.4 Å². The van der Waals surface area contributed by atoms with Crippen molar-refractivity contribution in [3.05, 3.63) is 0 Å². The predicted octanol–water partition coefficient (Wildman–Crippen LogP) is -5.13. The first kappa shape index (κ1) is 39.6. The van der Waals surface area contributed by atoms with Crippen LogP contribution in [-0.4, -0.2) is 158 Å². The first-order valence-electron chi connectivity index (χ1n) is 13.9. The van der Waals surface area contributed by atoms with Crippen LogP contribution in [0.15, 0.2) is 0 Å². The highest BCUT2D eigenvalue weighted by molar-refractivity contribution is 7.81. The maximum Gasteiger partial charge on any atom is 0.217 e. The number of carbonyl (C=O) groups is 1. The summed E-state index contributed by atoms with van der Waals surface area (Å²) in [7, 11) is -9.25. The molecular formula is C23H37O20S3-3. The van der Waals surface area contributed by atoms with E-state index in [4.69, 9.17) is 28.4 Å². The minimum Gasteiger partial charge on any atom is -0.726 e. The Kier molecular flexibility index (Phi) is 14.4. The molecule has 14 atom stereocenters. The Hall–Kier alpha value is -0.840. The Morgan fingerprint density at radius 3 is 1.85 bits per heavy atom. The van der Waals surface area contributed by atoms with E-state index in [-0.39, 0.29) is 6.42 Å². The molecule has 3 heterocycles. The number of hydrogen-bond donors (Lipinski definition) is 5. The zero-order chi connectivity index (χ0) is 34.6. The largest absolute Gasteiger partial charge is 0.726 e. The summed E-state index contributed by atoms with van der Waals surface area (Å²) < 4.78 is 107. The van der Waals surface area contributed by atoms with Crippen molar-refractivity contribution in [2.45, 2.75) is 106 Å². The normalized spacial score (nSPS) is 40.6. The number of methoxy groups -OCH3 is 1. The van der Waals surface area contributed by atoms with Crippen LogP contribution in [0.2, 0.25) is 0 Å². The average Bonchev–Trinajstić information content (AvgIpc) is 3.25. The number of thiol groups is 1. The third-order valence-corrected chi connectivity index (χ3v) is 8.86. The molecule has 0 radical (unpaired) electrons. The number of carbonyl (C=O) groups excluding carboxylic acids is 1. The SMILES string of the molecule is CO[C@H]1C(COS(=O)(=O)[O-])O[C@@H](O[C@H]2C(C(=O)[O-])O[C@@H](OC3[C@@H](COS(=O)(=O)[O-])O[C@@H](CCCCS)[C@H]3O)C(O)[C@H]2O)C(C)[C@H]1O. The molecule has 0 bridgehead atoms. The number of aliphatic hydroxyl groups is 4. The highest BCUT2D eigenvalue weighted by Gasteiger charge is 2.53. The molecule has 3 saturated heterocycles. The van der Waals surface area contributed by atoms with Crippen LogP contribution >= 0.6 is 12.6 Å². The molecule has 3 aliphatic rings. The van der Waals surface area contributed by atoms with Crippen LogP contribution in [0.1, 0.15) is 26.2 Å². The number of ether oxygens (including phenoxy) is 6. The molecule has 4 N–H and O–H groups in total. The third-order valence-electron chi connectivity index (χ3n) is 7.70. The van der Waals surface area contributed by atoms with E-state index in [1.54, 1.807) is 0 Å². The van der Waals surface area contributed by atoms with Gasteiger partial charge in [0.2, 0.25) is 20.8 Å². The highest BCUT2D eigenvalue weighted by atomic mass is 32.3. The number of aliphatic hydroxyl groups excluding tert-OH is 4. The molecule has 270 valence electrons. The van der Waals surface area contributed by atoms with E-state index in [0.29, 0.717) is 18.6 Å². The molecule has 3 fully saturated rings. The molecule has 0 aromatic heterocycles. The molecule has 23 heteroatoms. The second-order valence-electron chi connectivity index (χ2n) is 10.8. The molecule has 0 spiro atoms. The zero-order valence-electron chi connectivity index (χ0n) is 24.4. The summed E-state index contributed by atoms with van der Waals surface area (Å²) in [6, 6.07) is 0. The van der Waals surface area contributed by atoms with Crippen LogP contribution in [0.4, 0.5) is 0 Å². The van der Waals surface area contributed by atoms with E-state index in [1.807, 2.05) is 0 Å². The van der Waals surface area contributed by atoms with Crippen LogP contribution in [0.3, 0.4) is 0 Å². The molecule has 0 aromatic rings. The predicted molar refractivity (Wildman–Crippen MR) is 144 cm³/mol. The van der Waals surface area contributed by atoms with Crippen molar-refractivity contribution in [1.29, 1.82) is 0 Å². The van der Waals surface area contributed by atoms with Gasteiger partial charge in [0.25, 0.3) is 0 Å². The number of carboxylic acid groups (broad SMARTS) is 1. The lowest BCUT2D eigenvalue weighted by molar-refractivity contribution is -0.376. The molecule has 0 amide bonds. The van der Waals surface area contributed by atoms with Crippen molar-refractivity contribution in [2.75, 3.05) is 26.1 Å². The summed E-state index contributed by atoms with van der Waals surface area (Å²) in [6.45, 7) is -0.481. The van der Waals surface area contributed by atoms with E-state index in [0.717, 1.165) is 7.11 Å². The van der Waals surface area contributed by atoms with Crippen LogP contribution in [0, 0.1) is 5.92 Å². The Morgan fingerprint density at radius 2 is 1.33 bits per heavy atom. The summed E-state index contributed by atoms with van der Waals surface area (Å²) in [5, 5.41) is 55.5. The fourth-order valence-electron chi connectivity index (χ4n) is 5.35. The van der Waals surface area contributed by atoms with Gasteiger partial charge in [-0.05, 0) is 25.0 Å². The van der Waals surface area contributed by atoms with Crippen molar-refractivity contribution in [3.63, 3.8) is 0 Å². The first-order valence-corrected chi connectivity index (χ1v) is 17.2. The standard InChI is InChI=1S/C23H40O20S3/c1-9-13(24)17(36-2)11(7-37-45(30,31)32)40-22(9)42-19-15(26)16(27)23(43-20(19)21(28)29)41-18-12(8-38-46(33,34)35)39-10(14(18)25)5-3-4-6-44/h9-20,22-27,44H,3-8H2,1-2H3,(H,28,29)(H,30,31,32)(H,33,34,35)/p-3/t9?,10-,11?,12+,13+,14+,15+,16?,17-,18?,19+,20?,22-,23+/m0/s1. The average molecular weight is 730 g/mol. The summed E-state index contributed by atoms with van der Waals surface area (Å²) in [5.74, 6) is -2.51. The van der Waals surface area contributed by atoms with E-state index in [9.17, 15) is 56.3 Å². The Morgan fingerprint density at radius 1 is 0.761 bits per heavy atom. The molecule has 20 nitrogen and oxygen atoms in total. The third kappa shape index (κ3) is 10.3. The fraction of sp³-hybridized carbons (Fsp3) is 0.957. The van der Waals surface area contributed by atoms with Gasteiger partial charge in [-0.15, -0.1) is 0 Å². The summed E-state index contributed by atoms with van der Waals surface area (Å²) >= 11 is 4.10. The van der Waals surface area contributed by atoms with E-state index in [2.05, 4.69) is 21.0 Å². The smallest absolute Gasteiger partial charge is 0.217 e. The van der Waals surface area contributed by atoms with Gasteiger partial charge in [0.15, 0.2) is 12.6 Å². The van der Waals surface area contributed by atoms with Crippen molar-refractivity contribution < 1.29 is 93.1 Å². The second-order valence-corrected chi connectivity index (χ2v) is 13.4. The quantitative estimate of drug-likeness (QED) is 0.0429. The molecule has 3 rings (SSSR count). The lowest BCUT2D eigenvalue weighted by Crippen LogP contribution is -2.66. The summed E-state index contributed by atoms with van der Waals surface area (Å²) in [5.41, 5.74) is 0. The number of carboxylic acids is 1. The molecule has 46 heavy (non-hydrogen) atoms. The van der Waals surface area contributed by atoms with E-state index < -0.39 is 126 Å². The van der Waals surface area contributed by atoms with Gasteiger partial charge in [0, 0.05) is 13.0 Å². The number of aliphatic carboxylic acids is 1. The van der Waals surface area contributed by atoms with Crippen LogP contribution in [0.5, 0.6) is 0 Å². The van der Waals surface area contributed by atoms with Gasteiger partial charge < -0.3 is 67.9 Å². The van der Waals surface area contributed by atoms with Crippen LogP contribution in [-0.2, 0) is 62.4 Å². The lowest BCUT2D eigenvalue weighted by atomic mass is 9.91. The van der Waals surface area contributed by atoms with E-state index in [1.165, 1.54) is 6.92 Å². The summed E-state index contributed by atoms with van der Waals surface area (Å²) in [4.78, 5) is 12.1. The number of hydrogen-bond acceptors (Lipinski definition) is 21. The minimum atomic E-state index is -5.20.